The number of hydrogen-bond donors (Lipinski definition) is 1. The van der Waals surface area contributed by atoms with Gasteiger partial charge in [-0.1, -0.05) is 29.8 Å². The van der Waals surface area contributed by atoms with Crippen molar-refractivity contribution in [3.05, 3.63) is 57.2 Å². The van der Waals surface area contributed by atoms with E-state index < -0.39 is 0 Å². The molecule has 2 heterocycles. The van der Waals surface area contributed by atoms with E-state index in [1.165, 1.54) is 4.88 Å². The summed E-state index contributed by atoms with van der Waals surface area (Å²) in [6, 6.07) is 11.4. The SMILES string of the molecule is O=C(CN1CCN(Cc2cccc(Cl)c2)C1=O)NCCc1cccs1. The van der Waals surface area contributed by atoms with Crippen molar-refractivity contribution >= 4 is 34.9 Å². The van der Waals surface area contributed by atoms with Gasteiger partial charge in [0.15, 0.2) is 0 Å². The standard InChI is InChI=1S/C18H20ClN3O2S/c19-15-4-1-3-14(11-15)12-21-8-9-22(18(21)24)13-17(23)20-7-6-16-5-2-10-25-16/h1-5,10-11H,6-9,12-13H2,(H,20,23). The smallest absolute Gasteiger partial charge is 0.320 e. The van der Waals surface area contributed by atoms with Crippen molar-refractivity contribution in [2.45, 2.75) is 13.0 Å². The number of hydrogen-bond acceptors (Lipinski definition) is 3. The zero-order valence-corrected chi connectivity index (χ0v) is 15.4. The molecule has 0 radical (unpaired) electrons. The fourth-order valence-corrected chi connectivity index (χ4v) is 3.71. The molecule has 0 bridgehead atoms. The first-order chi connectivity index (χ1) is 12.1. The number of amides is 3. The van der Waals surface area contributed by atoms with Gasteiger partial charge in [0.1, 0.15) is 6.54 Å². The lowest BCUT2D eigenvalue weighted by Gasteiger charge is -2.18. The summed E-state index contributed by atoms with van der Waals surface area (Å²) in [6.45, 7) is 2.39. The van der Waals surface area contributed by atoms with Crippen molar-refractivity contribution in [1.29, 1.82) is 0 Å². The summed E-state index contributed by atoms with van der Waals surface area (Å²) in [5.41, 5.74) is 0.989. The van der Waals surface area contributed by atoms with Crippen LogP contribution < -0.4 is 5.32 Å². The van der Waals surface area contributed by atoms with Crippen LogP contribution in [-0.4, -0.2) is 47.9 Å². The maximum atomic E-state index is 12.4. The normalized spacial score (nSPS) is 14.2. The molecule has 3 amide bonds. The summed E-state index contributed by atoms with van der Waals surface area (Å²) in [4.78, 5) is 29.0. The number of thiophene rings is 1. The van der Waals surface area contributed by atoms with E-state index in [9.17, 15) is 9.59 Å². The lowest BCUT2D eigenvalue weighted by molar-refractivity contribution is -0.121. The molecule has 0 atom stereocenters. The molecule has 132 valence electrons. The molecule has 1 aliphatic rings. The van der Waals surface area contributed by atoms with Crippen LogP contribution in [0.5, 0.6) is 0 Å². The Labute approximate surface area is 156 Å². The van der Waals surface area contributed by atoms with E-state index in [-0.39, 0.29) is 18.5 Å². The van der Waals surface area contributed by atoms with Gasteiger partial charge >= 0.3 is 6.03 Å². The van der Waals surface area contributed by atoms with Crippen LogP contribution in [0.4, 0.5) is 4.79 Å². The van der Waals surface area contributed by atoms with Gasteiger partial charge in [0.25, 0.3) is 0 Å². The first kappa shape index (κ1) is 17.8. The fourth-order valence-electron chi connectivity index (χ4n) is 2.79. The Hall–Kier alpha value is -2.05. The first-order valence-corrected chi connectivity index (χ1v) is 9.45. The summed E-state index contributed by atoms with van der Waals surface area (Å²) in [7, 11) is 0. The van der Waals surface area contributed by atoms with E-state index in [4.69, 9.17) is 11.6 Å². The van der Waals surface area contributed by atoms with Crippen molar-refractivity contribution in [2.24, 2.45) is 0 Å². The number of rotatable bonds is 7. The molecule has 1 saturated heterocycles. The minimum absolute atomic E-state index is 0.103. The second-order valence-electron chi connectivity index (χ2n) is 5.93. The molecule has 2 aromatic rings. The molecule has 3 rings (SSSR count). The minimum Gasteiger partial charge on any atom is -0.354 e. The van der Waals surface area contributed by atoms with Crippen molar-refractivity contribution in [2.75, 3.05) is 26.2 Å². The Balaban J connectivity index is 1.44. The largest absolute Gasteiger partial charge is 0.354 e. The third kappa shape index (κ3) is 4.96. The Kier molecular flexibility index (Phi) is 5.94. The molecule has 25 heavy (non-hydrogen) atoms. The van der Waals surface area contributed by atoms with E-state index >= 15 is 0 Å². The lowest BCUT2D eigenvalue weighted by atomic mass is 10.2. The highest BCUT2D eigenvalue weighted by Crippen LogP contribution is 2.16. The molecule has 1 N–H and O–H groups in total. The average molecular weight is 378 g/mol. The Morgan fingerprint density at radius 3 is 2.80 bits per heavy atom. The summed E-state index contributed by atoms with van der Waals surface area (Å²) in [5, 5.41) is 5.56. The molecular formula is C18H20ClN3O2S. The molecule has 1 fully saturated rings. The first-order valence-electron chi connectivity index (χ1n) is 8.19. The number of benzene rings is 1. The maximum Gasteiger partial charge on any atom is 0.320 e. The average Bonchev–Trinajstić information content (AvgIpc) is 3.20. The van der Waals surface area contributed by atoms with Crippen LogP contribution in [0.2, 0.25) is 5.02 Å². The van der Waals surface area contributed by atoms with E-state index in [2.05, 4.69) is 11.4 Å². The Morgan fingerprint density at radius 2 is 2.04 bits per heavy atom. The topological polar surface area (TPSA) is 52.7 Å². The predicted molar refractivity (Wildman–Crippen MR) is 99.9 cm³/mol. The lowest BCUT2D eigenvalue weighted by Crippen LogP contribution is -2.40. The van der Waals surface area contributed by atoms with E-state index in [1.54, 1.807) is 21.1 Å². The van der Waals surface area contributed by atoms with Crippen LogP contribution in [0.1, 0.15) is 10.4 Å². The van der Waals surface area contributed by atoms with Gasteiger partial charge in [-0.05, 0) is 35.6 Å². The zero-order valence-electron chi connectivity index (χ0n) is 13.8. The zero-order chi connectivity index (χ0) is 17.6. The monoisotopic (exact) mass is 377 g/mol. The van der Waals surface area contributed by atoms with Gasteiger partial charge in [-0.3, -0.25) is 4.79 Å². The van der Waals surface area contributed by atoms with Crippen molar-refractivity contribution in [3.63, 3.8) is 0 Å². The summed E-state index contributed by atoms with van der Waals surface area (Å²) < 4.78 is 0. The Bertz CT molecular complexity index is 736. The van der Waals surface area contributed by atoms with Gasteiger partial charge in [0, 0.05) is 36.1 Å². The van der Waals surface area contributed by atoms with Gasteiger partial charge in [-0.2, -0.15) is 0 Å². The highest BCUT2D eigenvalue weighted by atomic mass is 35.5. The van der Waals surface area contributed by atoms with E-state index in [1.807, 2.05) is 35.7 Å². The summed E-state index contributed by atoms with van der Waals surface area (Å²) >= 11 is 7.66. The number of nitrogens with zero attached hydrogens (tertiary/aromatic N) is 2. The fraction of sp³-hybridized carbons (Fsp3) is 0.333. The molecular weight excluding hydrogens is 358 g/mol. The van der Waals surface area contributed by atoms with Crippen LogP contribution in [0.3, 0.4) is 0 Å². The third-order valence-corrected chi connectivity index (χ3v) is 5.22. The van der Waals surface area contributed by atoms with Gasteiger partial charge in [0.2, 0.25) is 5.91 Å². The van der Waals surface area contributed by atoms with E-state index in [0.29, 0.717) is 31.2 Å². The van der Waals surface area contributed by atoms with Crippen molar-refractivity contribution in [3.8, 4) is 0 Å². The van der Waals surface area contributed by atoms with Crippen molar-refractivity contribution < 1.29 is 9.59 Å². The van der Waals surface area contributed by atoms with Crippen molar-refractivity contribution in [1.82, 2.24) is 15.1 Å². The minimum atomic E-state index is -0.116. The second-order valence-corrected chi connectivity index (χ2v) is 7.40. The molecule has 0 aliphatic carbocycles. The van der Waals surface area contributed by atoms with Crippen LogP contribution in [0, 0.1) is 0 Å². The molecule has 0 spiro atoms. The molecule has 0 unspecified atom stereocenters. The summed E-state index contributed by atoms with van der Waals surface area (Å²) in [5.74, 6) is -0.116. The predicted octanol–water partition coefficient (Wildman–Crippen LogP) is 3.00. The van der Waals surface area contributed by atoms with Gasteiger partial charge in [-0.15, -0.1) is 11.3 Å². The third-order valence-electron chi connectivity index (χ3n) is 4.05. The van der Waals surface area contributed by atoms with Crippen LogP contribution in [0.25, 0.3) is 0 Å². The highest BCUT2D eigenvalue weighted by Gasteiger charge is 2.29. The molecule has 1 aromatic heterocycles. The number of nitrogens with one attached hydrogen (secondary N) is 1. The number of halogens is 1. The van der Waals surface area contributed by atoms with Crippen LogP contribution in [0.15, 0.2) is 41.8 Å². The van der Waals surface area contributed by atoms with E-state index in [0.717, 1.165) is 12.0 Å². The number of carbonyl (C=O) groups is 2. The van der Waals surface area contributed by atoms with Gasteiger partial charge < -0.3 is 15.1 Å². The molecule has 1 aromatic carbocycles. The van der Waals surface area contributed by atoms with Gasteiger partial charge in [-0.25, -0.2) is 4.79 Å². The maximum absolute atomic E-state index is 12.4. The molecule has 1 aliphatic heterocycles. The highest BCUT2D eigenvalue weighted by molar-refractivity contribution is 7.09. The summed E-state index contributed by atoms with van der Waals surface area (Å²) in [6.07, 6.45) is 0.818. The Morgan fingerprint density at radius 1 is 1.20 bits per heavy atom. The quantitative estimate of drug-likeness (QED) is 0.806. The molecule has 5 nitrogen and oxygen atoms in total. The molecule has 7 heteroatoms. The van der Waals surface area contributed by atoms with Gasteiger partial charge in [0.05, 0.1) is 0 Å². The number of urea groups is 1. The van der Waals surface area contributed by atoms with Crippen LogP contribution in [-0.2, 0) is 17.8 Å². The number of carbonyl (C=O) groups excluding carboxylic acids is 2. The molecule has 0 saturated carbocycles. The second kappa shape index (κ2) is 8.36. The van der Waals surface area contributed by atoms with Crippen LogP contribution >= 0.6 is 22.9 Å².